The molecule has 4 nitrogen and oxygen atoms in total. The Bertz CT molecular complexity index is 1010. The molecule has 0 amide bonds. The fourth-order valence-electron chi connectivity index (χ4n) is 2.25. The smallest absolute Gasteiger partial charge is 0.176 e. The number of nitrogens with one attached hydrogen (secondary N) is 2. The number of halogens is 5. The average molecular weight is 525 g/mol. The maximum atomic E-state index is 6.16. The van der Waals surface area contributed by atoms with Gasteiger partial charge < -0.3 is 10.6 Å². The molecule has 3 aromatic rings. The van der Waals surface area contributed by atoms with Crippen molar-refractivity contribution in [2.24, 2.45) is 0 Å². The van der Waals surface area contributed by atoms with Crippen molar-refractivity contribution in [3.63, 3.8) is 0 Å². The first-order chi connectivity index (χ1) is 12.8. The Labute approximate surface area is 189 Å². The molecule has 1 aromatic heterocycles. The molecule has 0 radical (unpaired) electrons. The van der Waals surface area contributed by atoms with E-state index in [4.69, 9.17) is 58.6 Å². The van der Waals surface area contributed by atoms with E-state index in [1.165, 1.54) is 0 Å². The van der Waals surface area contributed by atoms with Crippen molar-refractivity contribution in [3.05, 3.63) is 72.7 Å². The van der Waals surface area contributed by atoms with Gasteiger partial charge in [-0.2, -0.15) is 5.10 Å². The van der Waals surface area contributed by atoms with Gasteiger partial charge in [0.2, 0.25) is 0 Å². The lowest BCUT2D eigenvalue weighted by atomic mass is 10.2. The predicted molar refractivity (Wildman–Crippen MR) is 122 cm³/mol. The summed E-state index contributed by atoms with van der Waals surface area (Å²) < 4.78 is 2.50. The monoisotopic (exact) mass is 522 g/mol. The zero-order chi connectivity index (χ0) is 19.6. The van der Waals surface area contributed by atoms with E-state index in [0.29, 0.717) is 43.3 Å². The minimum atomic E-state index is 0.333. The Morgan fingerprint density at radius 1 is 1.04 bits per heavy atom. The lowest BCUT2D eigenvalue weighted by Gasteiger charge is -2.11. The van der Waals surface area contributed by atoms with Crippen LogP contribution in [0, 0.1) is 0 Å². The molecule has 2 N–H and O–H groups in total. The molecule has 0 aliphatic carbocycles. The van der Waals surface area contributed by atoms with E-state index >= 15 is 0 Å². The first-order valence-corrected chi connectivity index (χ1v) is 10.2. The van der Waals surface area contributed by atoms with Gasteiger partial charge >= 0.3 is 0 Å². The van der Waals surface area contributed by atoms with Crippen LogP contribution in [-0.2, 0) is 6.54 Å². The lowest BCUT2D eigenvalue weighted by molar-refractivity contribution is 0.689. The van der Waals surface area contributed by atoms with E-state index in [9.17, 15) is 0 Å². The first-order valence-electron chi connectivity index (χ1n) is 7.52. The summed E-state index contributed by atoms with van der Waals surface area (Å²) >= 11 is 33.0. The summed E-state index contributed by atoms with van der Waals surface area (Å²) in [4.78, 5) is 0. The molecule has 10 heteroatoms. The van der Waals surface area contributed by atoms with Gasteiger partial charge in [0.15, 0.2) is 10.9 Å². The number of benzene rings is 2. The number of anilines is 2. The normalized spacial score (nSPS) is 10.7. The van der Waals surface area contributed by atoms with E-state index in [1.54, 1.807) is 35.0 Å². The predicted octanol–water partition coefficient (Wildman–Crippen LogP) is 7.12. The summed E-state index contributed by atoms with van der Waals surface area (Å²) in [6.07, 6.45) is 1.83. The number of thiocarbonyl (C=S) groups is 1. The highest BCUT2D eigenvalue weighted by Gasteiger charge is 2.11. The first kappa shape index (κ1) is 20.7. The second-order valence-corrected chi connectivity index (χ2v) is 8.31. The SMILES string of the molecule is S=C(Nc1cccc(Cl)c1Cl)Nc1nn(Cc2ccc(Cl)c(Cl)c2)cc1Br. The Morgan fingerprint density at radius 3 is 2.56 bits per heavy atom. The van der Waals surface area contributed by atoms with Gasteiger partial charge in [0, 0.05) is 6.20 Å². The molecule has 0 fully saturated rings. The summed E-state index contributed by atoms with van der Waals surface area (Å²) in [7, 11) is 0. The lowest BCUT2D eigenvalue weighted by Crippen LogP contribution is -2.20. The standard InChI is InChI=1S/C17H11BrCl4N4S/c18-10-8-26(7-9-4-5-11(19)13(21)6-9)25-16(10)24-17(27)23-14-3-1-2-12(20)15(14)22/h1-6,8H,7H2,(H2,23,24,25,27). The molecule has 140 valence electrons. The molecule has 27 heavy (non-hydrogen) atoms. The van der Waals surface area contributed by atoms with Crippen molar-refractivity contribution in [2.75, 3.05) is 10.6 Å². The molecule has 0 atom stereocenters. The van der Waals surface area contributed by atoms with Gasteiger partial charge in [-0.25, -0.2) is 0 Å². The van der Waals surface area contributed by atoms with Crippen molar-refractivity contribution < 1.29 is 0 Å². The van der Waals surface area contributed by atoms with Gasteiger partial charge in [-0.15, -0.1) is 0 Å². The molecule has 0 bridgehead atoms. The van der Waals surface area contributed by atoms with Crippen molar-refractivity contribution in [2.45, 2.75) is 6.54 Å². The molecular weight excluding hydrogens is 514 g/mol. The third-order valence-electron chi connectivity index (χ3n) is 3.48. The van der Waals surface area contributed by atoms with Gasteiger partial charge in [-0.05, 0) is 58.0 Å². The molecule has 0 unspecified atom stereocenters. The zero-order valence-electron chi connectivity index (χ0n) is 13.4. The van der Waals surface area contributed by atoms with E-state index in [-0.39, 0.29) is 0 Å². The molecule has 3 rings (SSSR count). The Kier molecular flexibility index (Phi) is 6.89. The molecule has 1 heterocycles. The topological polar surface area (TPSA) is 41.9 Å². The fourth-order valence-corrected chi connectivity index (χ4v) is 3.54. The number of aromatic nitrogens is 2. The maximum Gasteiger partial charge on any atom is 0.176 e. The summed E-state index contributed by atoms with van der Waals surface area (Å²) in [5.41, 5.74) is 1.57. The summed E-state index contributed by atoms with van der Waals surface area (Å²) in [5.74, 6) is 0.561. The average Bonchev–Trinajstić information content (AvgIpc) is 2.94. The van der Waals surface area contributed by atoms with E-state index in [1.807, 2.05) is 12.3 Å². The summed E-state index contributed by atoms with van der Waals surface area (Å²) in [5, 5.41) is 12.7. The van der Waals surface area contributed by atoms with Crippen molar-refractivity contribution in [3.8, 4) is 0 Å². The summed E-state index contributed by atoms with van der Waals surface area (Å²) in [6.45, 7) is 0.525. The van der Waals surface area contributed by atoms with Crippen LogP contribution in [0.3, 0.4) is 0 Å². The molecule has 0 saturated carbocycles. The molecule has 2 aromatic carbocycles. The molecule has 0 aliphatic heterocycles. The summed E-state index contributed by atoms with van der Waals surface area (Å²) in [6, 6.07) is 10.7. The Balaban J connectivity index is 1.69. The number of rotatable bonds is 4. The van der Waals surface area contributed by atoms with Crippen molar-refractivity contribution >= 4 is 91.2 Å². The highest BCUT2D eigenvalue weighted by atomic mass is 79.9. The Hall–Kier alpha value is -1.02. The van der Waals surface area contributed by atoms with Crippen LogP contribution in [0.15, 0.2) is 47.1 Å². The Morgan fingerprint density at radius 2 is 1.81 bits per heavy atom. The number of hydrogen-bond acceptors (Lipinski definition) is 2. The van der Waals surface area contributed by atoms with Crippen LogP contribution in [0.25, 0.3) is 0 Å². The minimum absolute atomic E-state index is 0.333. The van der Waals surface area contributed by atoms with Gasteiger partial charge in [-0.1, -0.05) is 58.5 Å². The molecule has 0 aliphatic rings. The van der Waals surface area contributed by atoms with Crippen LogP contribution in [0.5, 0.6) is 0 Å². The number of hydrogen-bond donors (Lipinski definition) is 2. The largest absolute Gasteiger partial charge is 0.331 e. The second-order valence-electron chi connectivity index (χ2n) is 5.45. The maximum absolute atomic E-state index is 6.16. The van der Waals surface area contributed by atoms with E-state index < -0.39 is 0 Å². The fraction of sp³-hybridized carbons (Fsp3) is 0.0588. The minimum Gasteiger partial charge on any atom is -0.331 e. The highest BCUT2D eigenvalue weighted by Crippen LogP contribution is 2.30. The quantitative estimate of drug-likeness (QED) is 0.357. The van der Waals surface area contributed by atoms with Crippen molar-refractivity contribution in [1.29, 1.82) is 0 Å². The highest BCUT2D eigenvalue weighted by molar-refractivity contribution is 9.10. The molecule has 0 spiro atoms. The van der Waals surface area contributed by atoms with Crippen LogP contribution in [0.4, 0.5) is 11.5 Å². The molecular formula is C17H11BrCl4N4S. The number of nitrogens with zero attached hydrogens (tertiary/aromatic N) is 2. The third-order valence-corrected chi connectivity index (χ3v) is 5.82. The van der Waals surface area contributed by atoms with Gasteiger partial charge in [-0.3, -0.25) is 4.68 Å². The zero-order valence-corrected chi connectivity index (χ0v) is 18.9. The van der Waals surface area contributed by atoms with Crippen LogP contribution in [0.2, 0.25) is 20.1 Å². The second kappa shape index (κ2) is 8.99. The van der Waals surface area contributed by atoms with Crippen LogP contribution < -0.4 is 10.6 Å². The van der Waals surface area contributed by atoms with E-state index in [0.717, 1.165) is 10.0 Å². The van der Waals surface area contributed by atoms with Crippen LogP contribution >= 0.6 is 74.6 Å². The van der Waals surface area contributed by atoms with Gasteiger partial charge in [0.1, 0.15) is 0 Å². The van der Waals surface area contributed by atoms with Crippen molar-refractivity contribution in [1.82, 2.24) is 9.78 Å². The van der Waals surface area contributed by atoms with Gasteiger partial charge in [0.25, 0.3) is 0 Å². The molecule has 0 saturated heterocycles. The van der Waals surface area contributed by atoms with Crippen LogP contribution in [-0.4, -0.2) is 14.9 Å². The van der Waals surface area contributed by atoms with E-state index in [2.05, 4.69) is 31.7 Å². The third kappa shape index (κ3) is 5.28. The van der Waals surface area contributed by atoms with Crippen LogP contribution in [0.1, 0.15) is 5.56 Å². The van der Waals surface area contributed by atoms with Gasteiger partial charge in [0.05, 0.1) is 36.8 Å².